The minimum atomic E-state index is -0.604. The Morgan fingerprint density at radius 1 is 1.11 bits per heavy atom. The summed E-state index contributed by atoms with van der Waals surface area (Å²) in [6.45, 7) is 0. The smallest absolute Gasteiger partial charge is 0.0907 e. The normalized spacial score (nSPS) is 24.0. The average Bonchev–Trinajstić information content (AvgIpc) is 2.41. The van der Waals surface area contributed by atoms with Crippen LogP contribution in [0.15, 0.2) is 30.6 Å². The van der Waals surface area contributed by atoms with Gasteiger partial charge < -0.3 is 5.32 Å². The molecule has 1 saturated heterocycles. The van der Waals surface area contributed by atoms with Crippen LogP contribution >= 0.6 is 0 Å². The Morgan fingerprint density at radius 2 is 1.83 bits per heavy atom. The molecule has 18 heavy (non-hydrogen) atoms. The van der Waals surface area contributed by atoms with Crippen molar-refractivity contribution in [2.24, 2.45) is 0 Å². The predicted octanol–water partition coefficient (Wildman–Crippen LogP) is 1.95. The third kappa shape index (κ3) is 2.51. The van der Waals surface area contributed by atoms with Crippen LogP contribution in [0.25, 0.3) is 11.0 Å². The summed E-state index contributed by atoms with van der Waals surface area (Å²) in [5.74, 6) is 1.62. The van der Waals surface area contributed by atoms with Crippen LogP contribution in [0.4, 0.5) is 5.69 Å². The standard InChI is InChI=1S/C13H15N3OS/c17-18-7-3-10(4-8-18)16-11-1-2-12-13(9-11)15-6-5-14-12/h1-2,5-6,9-10,16H,3-4,7-8H2. The first kappa shape index (κ1) is 11.6. The first-order valence-corrected chi connectivity index (χ1v) is 7.62. The molecule has 2 aromatic rings. The Bertz CT molecular complexity index is 577. The van der Waals surface area contributed by atoms with E-state index in [-0.39, 0.29) is 0 Å². The summed E-state index contributed by atoms with van der Waals surface area (Å²) in [7, 11) is -0.604. The second kappa shape index (κ2) is 5.02. The zero-order valence-electron chi connectivity index (χ0n) is 10.0. The topological polar surface area (TPSA) is 54.9 Å². The molecule has 0 atom stereocenters. The maximum Gasteiger partial charge on any atom is 0.0907 e. The molecule has 0 saturated carbocycles. The van der Waals surface area contributed by atoms with Crippen molar-refractivity contribution in [1.29, 1.82) is 0 Å². The molecule has 1 aliphatic rings. The van der Waals surface area contributed by atoms with Gasteiger partial charge in [-0.05, 0) is 31.0 Å². The Balaban J connectivity index is 1.76. The van der Waals surface area contributed by atoms with Gasteiger partial charge in [-0.1, -0.05) is 0 Å². The predicted molar refractivity (Wildman–Crippen MR) is 74.1 cm³/mol. The summed E-state index contributed by atoms with van der Waals surface area (Å²) >= 11 is 0. The first-order chi connectivity index (χ1) is 8.81. The molecule has 0 amide bonds. The minimum Gasteiger partial charge on any atom is -0.382 e. The van der Waals surface area contributed by atoms with Gasteiger partial charge in [-0.3, -0.25) is 14.2 Å². The SMILES string of the molecule is O=S1CCC(Nc2ccc3nccnc3c2)CC1. The highest BCUT2D eigenvalue weighted by molar-refractivity contribution is 7.85. The summed E-state index contributed by atoms with van der Waals surface area (Å²) in [6.07, 6.45) is 5.36. The molecular formula is C13H15N3OS. The maximum absolute atomic E-state index is 11.3. The third-order valence-corrected chi connectivity index (χ3v) is 4.61. The van der Waals surface area contributed by atoms with Gasteiger partial charge >= 0.3 is 0 Å². The number of hydrogen-bond donors (Lipinski definition) is 1. The van der Waals surface area contributed by atoms with Crippen molar-refractivity contribution in [3.63, 3.8) is 0 Å². The van der Waals surface area contributed by atoms with Crippen molar-refractivity contribution >= 4 is 27.5 Å². The van der Waals surface area contributed by atoms with Gasteiger partial charge in [0.05, 0.1) is 11.0 Å². The maximum atomic E-state index is 11.3. The van der Waals surface area contributed by atoms with Crippen LogP contribution in [-0.2, 0) is 10.8 Å². The quantitative estimate of drug-likeness (QED) is 0.897. The fourth-order valence-corrected chi connectivity index (χ4v) is 3.53. The minimum absolute atomic E-state index is 0.428. The molecule has 0 unspecified atom stereocenters. The van der Waals surface area contributed by atoms with Gasteiger partial charge in [0, 0.05) is 46.4 Å². The number of benzene rings is 1. The Morgan fingerprint density at radius 3 is 2.61 bits per heavy atom. The highest BCUT2D eigenvalue weighted by atomic mass is 32.2. The molecule has 0 spiro atoms. The van der Waals surface area contributed by atoms with Gasteiger partial charge in [0.2, 0.25) is 0 Å². The van der Waals surface area contributed by atoms with Gasteiger partial charge in [-0.25, -0.2) is 0 Å². The summed E-state index contributed by atoms with van der Waals surface area (Å²) < 4.78 is 11.3. The van der Waals surface area contributed by atoms with Crippen molar-refractivity contribution in [3.05, 3.63) is 30.6 Å². The van der Waals surface area contributed by atoms with E-state index in [1.165, 1.54) is 0 Å². The highest BCUT2D eigenvalue weighted by Gasteiger charge is 2.17. The van der Waals surface area contributed by atoms with Crippen LogP contribution in [-0.4, -0.2) is 31.7 Å². The van der Waals surface area contributed by atoms with Gasteiger partial charge in [-0.2, -0.15) is 0 Å². The number of nitrogens with zero attached hydrogens (tertiary/aromatic N) is 2. The molecular weight excluding hydrogens is 246 g/mol. The number of aromatic nitrogens is 2. The lowest BCUT2D eigenvalue weighted by molar-refractivity contribution is 0.624. The molecule has 1 fully saturated rings. The Hall–Kier alpha value is -1.49. The fourth-order valence-electron chi connectivity index (χ4n) is 2.23. The van der Waals surface area contributed by atoms with Gasteiger partial charge in [0.15, 0.2) is 0 Å². The molecule has 4 nitrogen and oxygen atoms in total. The van der Waals surface area contributed by atoms with Crippen LogP contribution in [0.3, 0.4) is 0 Å². The van der Waals surface area contributed by atoms with Crippen molar-refractivity contribution in [2.75, 3.05) is 16.8 Å². The molecule has 0 bridgehead atoms. The van der Waals surface area contributed by atoms with Crippen molar-refractivity contribution in [1.82, 2.24) is 9.97 Å². The molecule has 1 N–H and O–H groups in total. The second-order valence-electron chi connectivity index (χ2n) is 4.53. The zero-order valence-corrected chi connectivity index (χ0v) is 10.8. The number of anilines is 1. The van der Waals surface area contributed by atoms with Crippen molar-refractivity contribution < 1.29 is 4.21 Å². The summed E-state index contributed by atoms with van der Waals surface area (Å²) in [6, 6.07) is 6.46. The summed E-state index contributed by atoms with van der Waals surface area (Å²) in [4.78, 5) is 8.54. The van der Waals surface area contributed by atoms with E-state index >= 15 is 0 Å². The fraction of sp³-hybridized carbons (Fsp3) is 0.385. The second-order valence-corrected chi connectivity index (χ2v) is 6.22. The molecule has 3 rings (SSSR count). The lowest BCUT2D eigenvalue weighted by Crippen LogP contribution is -2.29. The largest absolute Gasteiger partial charge is 0.382 e. The average molecular weight is 261 g/mol. The molecule has 5 heteroatoms. The molecule has 2 heterocycles. The van der Waals surface area contributed by atoms with Crippen LogP contribution in [0.5, 0.6) is 0 Å². The van der Waals surface area contributed by atoms with Crippen LogP contribution < -0.4 is 5.32 Å². The lowest BCUT2D eigenvalue weighted by Gasteiger charge is -2.23. The third-order valence-electron chi connectivity index (χ3n) is 3.23. The molecule has 0 aliphatic carbocycles. The van der Waals surface area contributed by atoms with Crippen molar-refractivity contribution in [3.8, 4) is 0 Å². The van der Waals surface area contributed by atoms with E-state index in [0.717, 1.165) is 41.1 Å². The molecule has 94 valence electrons. The number of rotatable bonds is 2. The number of nitrogens with one attached hydrogen (secondary N) is 1. The van der Waals surface area contributed by atoms with E-state index in [2.05, 4.69) is 15.3 Å². The number of fused-ring (bicyclic) bond motifs is 1. The van der Waals surface area contributed by atoms with Crippen LogP contribution in [0.1, 0.15) is 12.8 Å². The Kier molecular flexibility index (Phi) is 3.23. The van der Waals surface area contributed by atoms with E-state index in [0.29, 0.717) is 6.04 Å². The Labute approximate surface area is 108 Å². The van der Waals surface area contributed by atoms with Crippen molar-refractivity contribution in [2.45, 2.75) is 18.9 Å². The van der Waals surface area contributed by atoms with E-state index in [1.54, 1.807) is 12.4 Å². The molecule has 1 aromatic heterocycles. The van der Waals surface area contributed by atoms with E-state index in [4.69, 9.17) is 0 Å². The molecule has 1 aromatic carbocycles. The summed E-state index contributed by atoms with van der Waals surface area (Å²) in [5.41, 5.74) is 2.88. The highest BCUT2D eigenvalue weighted by Crippen LogP contribution is 2.19. The van der Waals surface area contributed by atoms with Gasteiger partial charge in [0.25, 0.3) is 0 Å². The molecule has 0 radical (unpaired) electrons. The van der Waals surface area contributed by atoms with E-state index < -0.39 is 10.8 Å². The van der Waals surface area contributed by atoms with E-state index in [9.17, 15) is 4.21 Å². The number of hydrogen-bond acceptors (Lipinski definition) is 4. The van der Waals surface area contributed by atoms with Gasteiger partial charge in [-0.15, -0.1) is 0 Å². The van der Waals surface area contributed by atoms with E-state index in [1.807, 2.05) is 18.2 Å². The lowest BCUT2D eigenvalue weighted by atomic mass is 10.1. The zero-order chi connectivity index (χ0) is 12.4. The summed E-state index contributed by atoms with van der Waals surface area (Å²) in [5, 5.41) is 3.49. The van der Waals surface area contributed by atoms with Crippen LogP contribution in [0.2, 0.25) is 0 Å². The first-order valence-electron chi connectivity index (χ1n) is 6.13. The molecule has 1 aliphatic heterocycles. The van der Waals surface area contributed by atoms with Gasteiger partial charge in [0.1, 0.15) is 0 Å². The van der Waals surface area contributed by atoms with Crippen LogP contribution in [0, 0.1) is 0 Å². The monoisotopic (exact) mass is 261 g/mol.